The molecule has 0 saturated heterocycles. The fraction of sp³-hybridized carbons (Fsp3) is 0. The molecule has 0 aliphatic rings. The SMILES string of the molecule is O=S(=O)(O)c1cc(Br)c(S(=O)(=O)O)c(S(=O)(=O)O)c1-c1c(S(=O)(=O)O)cc(Br)c(S(=O)(=O)O)c1S(=O)(=O)O. The zero-order chi connectivity index (χ0) is 30.2. The first-order valence-electron chi connectivity index (χ1n) is 8.10. The van der Waals surface area contributed by atoms with E-state index in [0.717, 1.165) is 0 Å². The minimum Gasteiger partial charge on any atom is -0.282 e. The lowest BCUT2D eigenvalue weighted by Gasteiger charge is -2.21. The summed E-state index contributed by atoms with van der Waals surface area (Å²) in [5, 5.41) is 0. The highest BCUT2D eigenvalue weighted by molar-refractivity contribution is 9.10. The van der Waals surface area contributed by atoms with Gasteiger partial charge in [-0.1, -0.05) is 0 Å². The normalized spacial score (nSPS) is 14.0. The van der Waals surface area contributed by atoms with E-state index < -0.39 is 110 Å². The molecule has 0 saturated carbocycles. The lowest BCUT2D eigenvalue weighted by Crippen LogP contribution is -2.19. The van der Waals surface area contributed by atoms with Crippen LogP contribution < -0.4 is 0 Å². The van der Waals surface area contributed by atoms with E-state index in [-0.39, 0.29) is 12.1 Å². The van der Waals surface area contributed by atoms with E-state index in [9.17, 15) is 77.8 Å². The van der Waals surface area contributed by atoms with Gasteiger partial charge in [0.2, 0.25) is 0 Å². The third-order valence-electron chi connectivity index (χ3n) is 4.15. The minimum absolute atomic E-state index is 0.0703. The zero-order valence-corrected chi connectivity index (χ0v) is 25.0. The number of hydrogen-bond acceptors (Lipinski definition) is 12. The molecule has 0 fully saturated rings. The van der Waals surface area contributed by atoms with E-state index in [1.807, 2.05) is 0 Å². The Kier molecular flexibility index (Phi) is 8.48. The van der Waals surface area contributed by atoms with Gasteiger partial charge in [0.15, 0.2) is 0 Å². The van der Waals surface area contributed by atoms with Gasteiger partial charge in [-0.2, -0.15) is 50.5 Å². The fourth-order valence-electron chi connectivity index (χ4n) is 3.03. The molecule has 0 heterocycles. The Bertz CT molecular complexity index is 1910. The second-order valence-corrected chi connectivity index (χ2v) is 16.6. The Morgan fingerprint density at radius 1 is 0.395 bits per heavy atom. The van der Waals surface area contributed by atoms with Gasteiger partial charge in [-0.05, 0) is 44.0 Å². The molecule has 0 unspecified atom stereocenters. The molecule has 0 radical (unpaired) electrons. The molecule has 0 aromatic heterocycles. The molecule has 0 spiro atoms. The first kappa shape index (κ1) is 33.1. The Balaban J connectivity index is 3.87. The summed E-state index contributed by atoms with van der Waals surface area (Å²) in [7, 11) is -36.5. The summed E-state index contributed by atoms with van der Waals surface area (Å²) < 4.78 is 201. The standard InChI is InChI=1S/C12H8Br2O18S6/c13-3-1-5(33(15,16)17)7(11(37(27,28)29)9(3)35(21,22)23)8-6(34(18,19)20)2-4(14)10(36(24,25)26)12(8)38(30,31)32/h1-2H,(H,15,16,17)(H,18,19,20)(H,21,22,23)(H,24,25,26)(H,27,28,29)(H,30,31,32). The van der Waals surface area contributed by atoms with Crippen molar-refractivity contribution in [3.8, 4) is 11.1 Å². The Hall–Kier alpha value is -1.14. The summed E-state index contributed by atoms with van der Waals surface area (Å²) in [6.07, 6.45) is 0. The summed E-state index contributed by atoms with van der Waals surface area (Å²) in [5.74, 6) is 0. The molecule has 18 nitrogen and oxygen atoms in total. The smallest absolute Gasteiger partial charge is 0.282 e. The molecule has 0 bridgehead atoms. The van der Waals surface area contributed by atoms with Gasteiger partial charge in [-0.15, -0.1) is 0 Å². The summed E-state index contributed by atoms with van der Waals surface area (Å²) in [4.78, 5) is -12.9. The van der Waals surface area contributed by atoms with Crippen LogP contribution in [-0.4, -0.2) is 77.8 Å². The summed E-state index contributed by atoms with van der Waals surface area (Å²) in [5.41, 5.74) is -4.44. The molecule has 6 N–H and O–H groups in total. The van der Waals surface area contributed by atoms with Crippen LogP contribution in [0, 0.1) is 0 Å². The average Bonchev–Trinajstić information content (AvgIpc) is 2.61. The van der Waals surface area contributed by atoms with Crippen LogP contribution in [-0.2, 0) is 60.7 Å². The lowest BCUT2D eigenvalue weighted by molar-refractivity contribution is 0.461. The van der Waals surface area contributed by atoms with Crippen molar-refractivity contribution in [3.63, 3.8) is 0 Å². The fourth-order valence-corrected chi connectivity index (χ4v) is 11.4. The van der Waals surface area contributed by atoms with E-state index >= 15 is 0 Å². The maximum Gasteiger partial charge on any atom is 0.297 e. The van der Waals surface area contributed by atoms with Crippen LogP contribution in [0.5, 0.6) is 0 Å². The molecule has 0 aliphatic heterocycles. The third-order valence-corrected chi connectivity index (χ3v) is 11.7. The van der Waals surface area contributed by atoms with Gasteiger partial charge >= 0.3 is 0 Å². The molecular weight excluding hydrogens is 784 g/mol. The highest BCUT2D eigenvalue weighted by Gasteiger charge is 2.42. The predicted molar refractivity (Wildman–Crippen MR) is 126 cm³/mol. The van der Waals surface area contributed by atoms with Crippen LogP contribution in [0.3, 0.4) is 0 Å². The van der Waals surface area contributed by atoms with E-state index in [1.54, 1.807) is 0 Å². The molecule has 2 aromatic carbocycles. The number of rotatable bonds is 7. The number of hydrogen-bond donors (Lipinski definition) is 6. The first-order chi connectivity index (χ1) is 16.5. The van der Waals surface area contributed by atoms with Crippen molar-refractivity contribution in [2.24, 2.45) is 0 Å². The van der Waals surface area contributed by atoms with Crippen LogP contribution in [0.15, 0.2) is 50.5 Å². The molecule has 2 aromatic rings. The lowest BCUT2D eigenvalue weighted by atomic mass is 10.0. The van der Waals surface area contributed by atoms with Crippen molar-refractivity contribution in [3.05, 3.63) is 21.1 Å². The van der Waals surface area contributed by atoms with Gasteiger partial charge < -0.3 is 0 Å². The molecule has 0 atom stereocenters. The number of benzene rings is 2. The Morgan fingerprint density at radius 2 is 0.605 bits per heavy atom. The maximum atomic E-state index is 12.3. The molecule has 0 amide bonds. The third kappa shape index (κ3) is 6.43. The van der Waals surface area contributed by atoms with Crippen molar-refractivity contribution < 1.29 is 77.8 Å². The average molecular weight is 792 g/mol. The first-order valence-corrected chi connectivity index (χ1v) is 18.3. The van der Waals surface area contributed by atoms with E-state index in [2.05, 4.69) is 31.9 Å². The van der Waals surface area contributed by atoms with Gasteiger partial charge in [-0.25, -0.2) is 0 Å². The molecule has 26 heteroatoms. The van der Waals surface area contributed by atoms with Gasteiger partial charge in [0.05, 0.1) is 0 Å². The molecule has 38 heavy (non-hydrogen) atoms. The Labute approximate surface area is 230 Å². The van der Waals surface area contributed by atoms with E-state index in [0.29, 0.717) is 0 Å². The second-order valence-electron chi connectivity index (χ2n) is 6.63. The van der Waals surface area contributed by atoms with Crippen molar-refractivity contribution in [1.29, 1.82) is 0 Å². The largest absolute Gasteiger partial charge is 0.297 e. The molecule has 2 rings (SSSR count). The van der Waals surface area contributed by atoms with Crippen LogP contribution in [0.4, 0.5) is 0 Å². The Morgan fingerprint density at radius 3 is 0.763 bits per heavy atom. The highest BCUT2D eigenvalue weighted by atomic mass is 79.9. The van der Waals surface area contributed by atoms with Crippen LogP contribution in [0.2, 0.25) is 0 Å². The van der Waals surface area contributed by atoms with Crippen molar-refractivity contribution in [2.45, 2.75) is 29.4 Å². The molecular formula is C12H8Br2O18S6. The summed E-state index contributed by atoms with van der Waals surface area (Å²) in [6.45, 7) is 0. The minimum atomic E-state index is -6.30. The number of halogens is 2. The van der Waals surface area contributed by atoms with Crippen molar-refractivity contribution in [2.75, 3.05) is 0 Å². The van der Waals surface area contributed by atoms with Gasteiger partial charge in [0.1, 0.15) is 29.4 Å². The second kappa shape index (κ2) is 9.75. The summed E-state index contributed by atoms with van der Waals surface area (Å²) >= 11 is 4.66. The van der Waals surface area contributed by atoms with E-state index in [4.69, 9.17) is 0 Å². The molecule has 0 aliphatic carbocycles. The zero-order valence-electron chi connectivity index (χ0n) is 16.9. The van der Waals surface area contributed by atoms with Crippen LogP contribution >= 0.6 is 31.9 Å². The van der Waals surface area contributed by atoms with Gasteiger partial charge in [-0.3, -0.25) is 27.3 Å². The quantitative estimate of drug-likeness (QED) is 0.206. The van der Waals surface area contributed by atoms with Crippen molar-refractivity contribution >= 4 is 92.6 Å². The van der Waals surface area contributed by atoms with Crippen LogP contribution in [0.1, 0.15) is 0 Å². The monoisotopic (exact) mass is 790 g/mol. The van der Waals surface area contributed by atoms with Crippen molar-refractivity contribution in [1.82, 2.24) is 0 Å². The predicted octanol–water partition coefficient (Wildman–Crippen LogP) is 0.359. The maximum absolute atomic E-state index is 12.3. The van der Waals surface area contributed by atoms with E-state index in [1.165, 1.54) is 0 Å². The summed E-state index contributed by atoms with van der Waals surface area (Å²) in [6, 6.07) is -0.141. The topological polar surface area (TPSA) is 326 Å². The van der Waals surface area contributed by atoms with Gasteiger partial charge in [0, 0.05) is 20.1 Å². The highest BCUT2D eigenvalue weighted by Crippen LogP contribution is 2.49. The van der Waals surface area contributed by atoms with Gasteiger partial charge in [0.25, 0.3) is 60.7 Å². The molecule has 214 valence electrons. The van der Waals surface area contributed by atoms with Crippen LogP contribution in [0.25, 0.3) is 11.1 Å².